The van der Waals surface area contributed by atoms with Crippen molar-refractivity contribution in [1.29, 1.82) is 0 Å². The van der Waals surface area contributed by atoms with Crippen LogP contribution in [0.15, 0.2) is 58.7 Å². The van der Waals surface area contributed by atoms with Crippen LogP contribution in [0.5, 0.6) is 5.75 Å². The quantitative estimate of drug-likeness (QED) is 0.350. The number of ether oxygens (including phenoxy) is 1. The second-order valence-electron chi connectivity index (χ2n) is 9.62. The number of carbonyl (C=O) groups excluding carboxylic acids is 2. The highest BCUT2D eigenvalue weighted by molar-refractivity contribution is 5.99. The standard InChI is InChI=1S/C28H22F6N2O4/c1-39-23-12-22(31)21(30)11-18(23)26(37)36-25-16-6-5-15(17(16)10-14-3-2-8-40-14)24(25)27(38)35-13-4-7-20(29)19(9-13)28(32,33)34/h2-4,7-12,15-16,24-25H,5-6H2,1H3,(H,35,38)(H,36,37)/b17-10-/t15?,16?,24-,25+/m0/s1. The summed E-state index contributed by atoms with van der Waals surface area (Å²) in [6.07, 6.45) is -0.624. The maximum Gasteiger partial charge on any atom is 0.419 e. The van der Waals surface area contributed by atoms with E-state index in [2.05, 4.69) is 10.6 Å². The molecule has 1 heterocycles. The predicted octanol–water partition coefficient (Wildman–Crippen LogP) is 6.20. The normalized spacial score (nSPS) is 22.9. The molecule has 5 rings (SSSR count). The van der Waals surface area contributed by atoms with E-state index < -0.39 is 58.9 Å². The molecular formula is C28H22F6N2O4. The molecule has 2 aliphatic carbocycles. The zero-order chi connectivity index (χ0) is 28.8. The third-order valence-corrected chi connectivity index (χ3v) is 7.38. The molecule has 2 saturated carbocycles. The lowest BCUT2D eigenvalue weighted by Crippen LogP contribution is -2.48. The number of carbonyl (C=O) groups is 2. The Morgan fingerprint density at radius 3 is 2.40 bits per heavy atom. The van der Waals surface area contributed by atoms with Crippen LogP contribution in [-0.4, -0.2) is 25.0 Å². The molecule has 0 spiro atoms. The van der Waals surface area contributed by atoms with E-state index >= 15 is 0 Å². The van der Waals surface area contributed by atoms with E-state index in [-0.39, 0.29) is 22.9 Å². The van der Waals surface area contributed by atoms with E-state index in [4.69, 9.17) is 9.15 Å². The van der Waals surface area contributed by atoms with Crippen molar-refractivity contribution in [1.82, 2.24) is 5.32 Å². The molecule has 0 aliphatic heterocycles. The highest BCUT2D eigenvalue weighted by Gasteiger charge is 2.55. The minimum Gasteiger partial charge on any atom is -0.496 e. The van der Waals surface area contributed by atoms with Crippen LogP contribution in [-0.2, 0) is 11.0 Å². The monoisotopic (exact) mass is 564 g/mol. The van der Waals surface area contributed by atoms with Gasteiger partial charge in [-0.3, -0.25) is 9.59 Å². The summed E-state index contributed by atoms with van der Waals surface area (Å²) < 4.78 is 91.6. The van der Waals surface area contributed by atoms with Gasteiger partial charge >= 0.3 is 6.18 Å². The SMILES string of the molecule is COc1cc(F)c(F)cc1C(=O)N[C@@H]1C2CCC(/C2=C/c2ccco2)[C@@H]1C(=O)Nc1ccc(F)c(C(F)(F)F)c1. The summed E-state index contributed by atoms with van der Waals surface area (Å²) >= 11 is 0. The zero-order valence-corrected chi connectivity index (χ0v) is 20.8. The summed E-state index contributed by atoms with van der Waals surface area (Å²) in [5.41, 5.74) is -1.31. The molecule has 210 valence electrons. The summed E-state index contributed by atoms with van der Waals surface area (Å²) in [6.45, 7) is 0. The predicted molar refractivity (Wildman–Crippen MR) is 131 cm³/mol. The molecule has 2 aliphatic rings. The highest BCUT2D eigenvalue weighted by Crippen LogP contribution is 2.53. The first-order valence-electron chi connectivity index (χ1n) is 12.2. The van der Waals surface area contributed by atoms with Gasteiger partial charge in [0.15, 0.2) is 11.6 Å². The molecular weight excluding hydrogens is 542 g/mol. The topological polar surface area (TPSA) is 80.6 Å². The molecule has 2 amide bonds. The highest BCUT2D eigenvalue weighted by atomic mass is 19.4. The molecule has 2 N–H and O–H groups in total. The Kier molecular flexibility index (Phi) is 7.11. The number of rotatable bonds is 6. The number of methoxy groups -OCH3 is 1. The van der Waals surface area contributed by atoms with Gasteiger partial charge in [-0.2, -0.15) is 13.2 Å². The van der Waals surface area contributed by atoms with Gasteiger partial charge < -0.3 is 19.8 Å². The van der Waals surface area contributed by atoms with Crippen LogP contribution in [0.25, 0.3) is 6.08 Å². The number of furan rings is 1. The van der Waals surface area contributed by atoms with Gasteiger partial charge in [0.1, 0.15) is 17.3 Å². The number of hydrogen-bond acceptors (Lipinski definition) is 4. The number of fused-ring (bicyclic) bond motifs is 2. The molecule has 2 aromatic carbocycles. The average molecular weight is 564 g/mol. The number of nitrogens with one attached hydrogen (secondary N) is 2. The van der Waals surface area contributed by atoms with Crippen molar-refractivity contribution in [2.45, 2.75) is 25.1 Å². The van der Waals surface area contributed by atoms with Crippen LogP contribution in [0.1, 0.15) is 34.5 Å². The Hall–Kier alpha value is -4.22. The minimum absolute atomic E-state index is 0.224. The third kappa shape index (κ3) is 5.05. The number of amides is 2. The number of benzene rings is 2. The van der Waals surface area contributed by atoms with Crippen LogP contribution in [0, 0.1) is 35.2 Å². The van der Waals surface area contributed by atoms with Gasteiger partial charge in [-0.15, -0.1) is 0 Å². The summed E-state index contributed by atoms with van der Waals surface area (Å²) in [6, 6.07) is 6.05. The Labute approximate surface area is 224 Å². The molecule has 2 bridgehead atoms. The average Bonchev–Trinajstić information content (AvgIpc) is 3.62. The van der Waals surface area contributed by atoms with Crippen LogP contribution >= 0.6 is 0 Å². The molecule has 4 atom stereocenters. The van der Waals surface area contributed by atoms with Gasteiger partial charge in [-0.25, -0.2) is 13.2 Å². The van der Waals surface area contributed by atoms with Crippen LogP contribution in [0.2, 0.25) is 0 Å². The number of alkyl halides is 3. The van der Waals surface area contributed by atoms with Crippen molar-refractivity contribution in [3.05, 3.63) is 88.6 Å². The van der Waals surface area contributed by atoms with Crippen molar-refractivity contribution in [3.63, 3.8) is 0 Å². The smallest absolute Gasteiger partial charge is 0.419 e. The fraction of sp³-hybridized carbons (Fsp3) is 0.286. The maximum absolute atomic E-state index is 14.0. The Balaban J connectivity index is 1.48. The summed E-state index contributed by atoms with van der Waals surface area (Å²) in [5, 5.41) is 5.17. The summed E-state index contributed by atoms with van der Waals surface area (Å²) in [5.74, 6) is -6.93. The molecule has 0 radical (unpaired) electrons. The number of anilines is 1. The van der Waals surface area contributed by atoms with E-state index in [1.165, 1.54) is 13.4 Å². The third-order valence-electron chi connectivity index (χ3n) is 7.38. The first-order chi connectivity index (χ1) is 19.0. The van der Waals surface area contributed by atoms with Crippen molar-refractivity contribution < 1.29 is 45.1 Å². The van der Waals surface area contributed by atoms with Gasteiger partial charge in [0.25, 0.3) is 5.91 Å². The molecule has 2 unspecified atom stereocenters. The van der Waals surface area contributed by atoms with Crippen LogP contribution < -0.4 is 15.4 Å². The van der Waals surface area contributed by atoms with Gasteiger partial charge in [0.2, 0.25) is 5.91 Å². The first-order valence-corrected chi connectivity index (χ1v) is 12.2. The lowest BCUT2D eigenvalue weighted by atomic mass is 9.83. The number of hydrogen-bond donors (Lipinski definition) is 2. The van der Waals surface area contributed by atoms with Gasteiger partial charge in [-0.05, 0) is 61.2 Å². The lowest BCUT2D eigenvalue weighted by molar-refractivity contribution is -0.140. The minimum atomic E-state index is -4.98. The van der Waals surface area contributed by atoms with Crippen molar-refractivity contribution in [2.75, 3.05) is 12.4 Å². The summed E-state index contributed by atoms with van der Waals surface area (Å²) in [4.78, 5) is 26.8. The molecule has 3 aromatic rings. The largest absolute Gasteiger partial charge is 0.496 e. The Bertz CT molecular complexity index is 1480. The van der Waals surface area contributed by atoms with E-state index in [0.717, 1.165) is 17.7 Å². The second kappa shape index (κ2) is 10.4. The van der Waals surface area contributed by atoms with Crippen molar-refractivity contribution in [3.8, 4) is 5.75 Å². The molecule has 6 nitrogen and oxygen atoms in total. The van der Waals surface area contributed by atoms with E-state index in [9.17, 15) is 35.9 Å². The molecule has 0 saturated heterocycles. The van der Waals surface area contributed by atoms with Crippen molar-refractivity contribution in [2.24, 2.45) is 17.8 Å². The zero-order valence-electron chi connectivity index (χ0n) is 20.8. The Morgan fingerprint density at radius 2 is 1.73 bits per heavy atom. The fourth-order valence-electron chi connectivity index (χ4n) is 5.68. The molecule has 40 heavy (non-hydrogen) atoms. The number of halogens is 6. The van der Waals surface area contributed by atoms with Gasteiger partial charge in [0.05, 0.1) is 30.4 Å². The molecule has 12 heteroatoms. The van der Waals surface area contributed by atoms with E-state index in [1.54, 1.807) is 18.2 Å². The summed E-state index contributed by atoms with van der Waals surface area (Å²) in [7, 11) is 1.18. The van der Waals surface area contributed by atoms with E-state index in [1.807, 2.05) is 0 Å². The maximum atomic E-state index is 14.0. The molecule has 2 fully saturated rings. The van der Waals surface area contributed by atoms with E-state index in [0.29, 0.717) is 36.8 Å². The Morgan fingerprint density at radius 1 is 1.00 bits per heavy atom. The van der Waals surface area contributed by atoms with Crippen LogP contribution in [0.3, 0.4) is 0 Å². The molecule has 1 aromatic heterocycles. The fourth-order valence-corrected chi connectivity index (χ4v) is 5.68. The van der Waals surface area contributed by atoms with Gasteiger partial charge in [-0.1, -0.05) is 5.57 Å². The van der Waals surface area contributed by atoms with Crippen molar-refractivity contribution >= 4 is 23.6 Å². The first kappa shape index (κ1) is 27.4. The van der Waals surface area contributed by atoms with Gasteiger partial charge in [0, 0.05) is 23.7 Å². The lowest BCUT2D eigenvalue weighted by Gasteiger charge is -2.30. The van der Waals surface area contributed by atoms with Crippen LogP contribution in [0.4, 0.5) is 32.0 Å². The second-order valence-corrected chi connectivity index (χ2v) is 9.62.